The van der Waals surface area contributed by atoms with E-state index in [9.17, 15) is 19.5 Å². The molecule has 0 saturated heterocycles. The number of ether oxygens (including phenoxy) is 1. The molecular weight excluding hydrogens is 232 g/mol. The summed E-state index contributed by atoms with van der Waals surface area (Å²) in [6, 6.07) is 0. The summed E-state index contributed by atoms with van der Waals surface area (Å²) in [7, 11) is 0. The average Bonchev–Trinajstić information content (AvgIpc) is 2.19. The van der Waals surface area contributed by atoms with Gasteiger partial charge < -0.3 is 20.1 Å². The molecule has 100 valence electrons. The molecule has 0 heterocycles. The minimum Gasteiger partial charge on any atom is -0.481 e. The Balaban J connectivity index is 0. The number of carboxylic acids is 2. The van der Waals surface area contributed by atoms with Crippen molar-refractivity contribution in [1.29, 1.82) is 0 Å². The number of carbonyl (C=O) groups excluding carboxylic acids is 1. The molecule has 0 fully saturated rings. The first-order chi connectivity index (χ1) is 7.81. The van der Waals surface area contributed by atoms with E-state index in [-0.39, 0.29) is 6.61 Å². The van der Waals surface area contributed by atoms with Gasteiger partial charge >= 0.3 is 17.9 Å². The van der Waals surface area contributed by atoms with Crippen LogP contribution in [0.3, 0.4) is 0 Å². The first-order valence-electron chi connectivity index (χ1n) is 5.15. The topological polar surface area (TPSA) is 121 Å². The molecule has 0 aromatic carbocycles. The maximum absolute atomic E-state index is 10.9. The normalized spacial score (nSPS) is 12.7. The molecule has 0 bridgehead atoms. The zero-order valence-electron chi connectivity index (χ0n) is 10.1. The quantitative estimate of drug-likeness (QED) is 0.578. The third-order valence-corrected chi connectivity index (χ3v) is 1.58. The average molecular weight is 250 g/mol. The number of aliphatic carboxylic acids is 2. The fourth-order valence-corrected chi connectivity index (χ4v) is 0.915. The standard InChI is InChI=1S/C8H12O7.C2H6/c1-2-15-6(11)4-8(14,7(12)13)3-5(9)10;1-2/h14H,2-4H2,1H3,(H,9,10)(H,12,13);1-2H3. The lowest BCUT2D eigenvalue weighted by Crippen LogP contribution is -2.43. The highest BCUT2D eigenvalue weighted by Crippen LogP contribution is 2.16. The van der Waals surface area contributed by atoms with E-state index >= 15 is 0 Å². The van der Waals surface area contributed by atoms with E-state index in [0.29, 0.717) is 0 Å². The van der Waals surface area contributed by atoms with Crippen molar-refractivity contribution in [2.75, 3.05) is 6.61 Å². The van der Waals surface area contributed by atoms with Crippen LogP contribution >= 0.6 is 0 Å². The molecule has 0 aromatic heterocycles. The second-order valence-corrected chi connectivity index (χ2v) is 2.89. The van der Waals surface area contributed by atoms with Crippen LogP contribution in [-0.2, 0) is 19.1 Å². The van der Waals surface area contributed by atoms with Crippen molar-refractivity contribution in [3.05, 3.63) is 0 Å². The lowest BCUT2D eigenvalue weighted by atomic mass is 9.96. The van der Waals surface area contributed by atoms with Gasteiger partial charge in [-0.25, -0.2) is 4.79 Å². The first kappa shape index (κ1) is 17.8. The fraction of sp³-hybridized carbons (Fsp3) is 0.700. The molecule has 0 radical (unpaired) electrons. The third kappa shape index (κ3) is 7.29. The minimum absolute atomic E-state index is 0.0294. The summed E-state index contributed by atoms with van der Waals surface area (Å²) in [5.74, 6) is -4.23. The third-order valence-electron chi connectivity index (χ3n) is 1.58. The maximum Gasteiger partial charge on any atom is 0.336 e. The van der Waals surface area contributed by atoms with Crippen LogP contribution in [0.5, 0.6) is 0 Å². The molecule has 1 unspecified atom stereocenters. The molecule has 0 spiro atoms. The van der Waals surface area contributed by atoms with E-state index in [1.807, 2.05) is 13.8 Å². The molecule has 0 saturated carbocycles. The predicted octanol–water partition coefficient (Wildman–Crippen LogP) is 0.256. The number of hydrogen-bond donors (Lipinski definition) is 3. The molecule has 7 heteroatoms. The van der Waals surface area contributed by atoms with Crippen LogP contribution < -0.4 is 0 Å². The summed E-state index contributed by atoms with van der Waals surface area (Å²) >= 11 is 0. The van der Waals surface area contributed by atoms with Gasteiger partial charge in [-0.05, 0) is 6.92 Å². The van der Waals surface area contributed by atoms with Crippen molar-refractivity contribution in [1.82, 2.24) is 0 Å². The Kier molecular flexibility index (Phi) is 8.89. The van der Waals surface area contributed by atoms with Crippen LogP contribution in [0.15, 0.2) is 0 Å². The molecule has 0 aliphatic rings. The van der Waals surface area contributed by atoms with E-state index in [2.05, 4.69) is 4.74 Å². The molecule has 0 amide bonds. The van der Waals surface area contributed by atoms with Gasteiger partial charge in [-0.2, -0.15) is 0 Å². The zero-order chi connectivity index (χ0) is 14.1. The van der Waals surface area contributed by atoms with Crippen LogP contribution in [0.25, 0.3) is 0 Å². The highest BCUT2D eigenvalue weighted by molar-refractivity contribution is 5.88. The van der Waals surface area contributed by atoms with Crippen LogP contribution in [0.2, 0.25) is 0 Å². The fourth-order valence-electron chi connectivity index (χ4n) is 0.915. The van der Waals surface area contributed by atoms with Gasteiger partial charge in [-0.15, -0.1) is 0 Å². The van der Waals surface area contributed by atoms with E-state index in [1.54, 1.807) is 0 Å². The zero-order valence-corrected chi connectivity index (χ0v) is 10.1. The van der Waals surface area contributed by atoms with Crippen LogP contribution in [0.4, 0.5) is 0 Å². The first-order valence-corrected chi connectivity index (χ1v) is 5.15. The SMILES string of the molecule is CC.CCOC(=O)CC(O)(CC(=O)O)C(=O)O. The number of rotatable bonds is 6. The van der Waals surface area contributed by atoms with E-state index in [1.165, 1.54) is 6.92 Å². The Morgan fingerprint density at radius 2 is 1.59 bits per heavy atom. The largest absolute Gasteiger partial charge is 0.481 e. The van der Waals surface area contributed by atoms with Gasteiger partial charge in [0.2, 0.25) is 0 Å². The van der Waals surface area contributed by atoms with Crippen LogP contribution in [0.1, 0.15) is 33.6 Å². The van der Waals surface area contributed by atoms with Gasteiger partial charge in [0.1, 0.15) is 0 Å². The minimum atomic E-state index is -2.61. The number of carbonyl (C=O) groups is 3. The van der Waals surface area contributed by atoms with Crippen molar-refractivity contribution in [2.45, 2.75) is 39.2 Å². The predicted molar refractivity (Wildman–Crippen MR) is 57.4 cm³/mol. The van der Waals surface area contributed by atoms with Gasteiger partial charge in [0, 0.05) is 0 Å². The van der Waals surface area contributed by atoms with Gasteiger partial charge in [0.25, 0.3) is 0 Å². The maximum atomic E-state index is 10.9. The second kappa shape index (κ2) is 8.51. The smallest absolute Gasteiger partial charge is 0.336 e. The summed E-state index contributed by atoms with van der Waals surface area (Å²) in [4.78, 5) is 31.8. The lowest BCUT2D eigenvalue weighted by Gasteiger charge is -2.19. The molecule has 17 heavy (non-hydrogen) atoms. The summed E-state index contributed by atoms with van der Waals surface area (Å²) < 4.78 is 4.41. The Bertz CT molecular complexity index is 274. The Morgan fingerprint density at radius 3 is 1.88 bits per heavy atom. The van der Waals surface area contributed by atoms with Crippen LogP contribution in [0, 0.1) is 0 Å². The molecular formula is C10H18O7. The summed E-state index contributed by atoms with van der Waals surface area (Å²) in [6.45, 7) is 5.54. The molecule has 0 aliphatic carbocycles. The molecule has 1 atom stereocenters. The highest BCUT2D eigenvalue weighted by atomic mass is 16.5. The summed E-state index contributed by atoms with van der Waals surface area (Å²) in [6.07, 6.45) is -1.94. The van der Waals surface area contributed by atoms with Crippen molar-refractivity contribution >= 4 is 17.9 Å². The number of aliphatic hydroxyl groups is 1. The van der Waals surface area contributed by atoms with E-state index in [0.717, 1.165) is 0 Å². The molecule has 0 rings (SSSR count). The second-order valence-electron chi connectivity index (χ2n) is 2.89. The van der Waals surface area contributed by atoms with Crippen molar-refractivity contribution < 1.29 is 34.4 Å². The van der Waals surface area contributed by atoms with Crippen molar-refractivity contribution in [3.8, 4) is 0 Å². The molecule has 3 N–H and O–H groups in total. The van der Waals surface area contributed by atoms with Gasteiger partial charge in [0.15, 0.2) is 5.60 Å². The Morgan fingerprint density at radius 1 is 1.12 bits per heavy atom. The lowest BCUT2D eigenvalue weighted by molar-refractivity contribution is -0.171. The van der Waals surface area contributed by atoms with E-state index in [4.69, 9.17) is 10.2 Å². The molecule has 0 aromatic rings. The van der Waals surface area contributed by atoms with Crippen molar-refractivity contribution in [2.24, 2.45) is 0 Å². The molecule has 7 nitrogen and oxygen atoms in total. The number of esters is 1. The number of carboxylic acid groups (broad SMARTS) is 2. The monoisotopic (exact) mass is 250 g/mol. The van der Waals surface area contributed by atoms with Crippen molar-refractivity contribution in [3.63, 3.8) is 0 Å². The van der Waals surface area contributed by atoms with Gasteiger partial charge in [-0.3, -0.25) is 9.59 Å². The van der Waals surface area contributed by atoms with Gasteiger partial charge in [-0.1, -0.05) is 13.8 Å². The van der Waals surface area contributed by atoms with Gasteiger partial charge in [0.05, 0.1) is 19.4 Å². The highest BCUT2D eigenvalue weighted by Gasteiger charge is 2.41. The summed E-state index contributed by atoms with van der Waals surface area (Å²) in [5, 5.41) is 26.3. The Hall–Kier alpha value is -1.63. The number of hydrogen-bond acceptors (Lipinski definition) is 5. The summed E-state index contributed by atoms with van der Waals surface area (Å²) in [5.41, 5.74) is -2.61. The molecule has 0 aliphatic heterocycles. The Labute approximate surface area is 99.0 Å². The van der Waals surface area contributed by atoms with Crippen LogP contribution in [-0.4, -0.2) is 45.4 Å². The van der Waals surface area contributed by atoms with E-state index < -0.39 is 36.4 Å².